The molecule has 0 aromatic carbocycles. The molecule has 12 heteroatoms. The van der Waals surface area contributed by atoms with E-state index in [0.29, 0.717) is 0 Å². The van der Waals surface area contributed by atoms with E-state index in [4.69, 9.17) is 29.9 Å². The molecule has 0 amide bonds. The summed E-state index contributed by atoms with van der Waals surface area (Å²) in [4.78, 5) is 45.1. The summed E-state index contributed by atoms with van der Waals surface area (Å²) in [7, 11) is 0. The van der Waals surface area contributed by atoms with E-state index >= 15 is 0 Å². The van der Waals surface area contributed by atoms with Crippen molar-refractivity contribution in [3.63, 3.8) is 0 Å². The number of ether oxygens (including phenoxy) is 2. The molecule has 12 nitrogen and oxygen atoms in total. The van der Waals surface area contributed by atoms with E-state index in [0.717, 1.165) is 9.80 Å². The lowest BCUT2D eigenvalue weighted by molar-refractivity contribution is -0.146. The molecule has 0 atom stereocenters. The first-order valence-electron chi connectivity index (χ1n) is 7.85. The predicted octanol–water partition coefficient (Wildman–Crippen LogP) is -0.743. The van der Waals surface area contributed by atoms with Crippen LogP contribution in [0, 0.1) is 0 Å². The maximum Gasteiger partial charge on any atom is 0.323 e. The zero-order valence-electron chi connectivity index (χ0n) is 15.3. The lowest BCUT2D eigenvalue weighted by Gasteiger charge is -2.22. The minimum Gasteiger partial charge on any atom is -0.480 e. The van der Waals surface area contributed by atoms with Gasteiger partial charge in [0, 0.05) is 7.16 Å². The molecule has 0 aromatic rings. The van der Waals surface area contributed by atoms with E-state index < -0.39 is 50.1 Å². The topological polar surface area (TPSA) is 174 Å². The molecule has 4 N–H and O–H groups in total. The SMILES string of the molecule is C=C=C=C=C=C(OCCOCN(CC(=O)O)CC(=O)O)N(CC(=O)O)CC(=O)O.[HH]. The zero-order valence-corrected chi connectivity index (χ0v) is 15.3. The molecule has 0 aliphatic rings. The fourth-order valence-corrected chi connectivity index (χ4v) is 1.78. The average molecular weight is 414 g/mol. The predicted molar refractivity (Wildman–Crippen MR) is 95.8 cm³/mol. The molecular weight excluding hydrogens is 392 g/mol. The first-order chi connectivity index (χ1) is 13.6. The Kier molecular flexibility index (Phi) is 12.5. The van der Waals surface area contributed by atoms with Crippen molar-refractivity contribution in [2.75, 3.05) is 46.1 Å². The van der Waals surface area contributed by atoms with Crippen LogP contribution in [0.3, 0.4) is 0 Å². The minimum atomic E-state index is -1.31. The standard InChI is InChI=1S/C17H20N2O10.H2/c1-2-3-4-5-13(19(10-16(24)25)11-17(26)27)29-7-6-28-12-18(8-14(20)21)9-15(22)23;/h1,6-12H2,(H,20,21)(H,22,23)(H,24,25)(H,26,27);1H. The van der Waals surface area contributed by atoms with Crippen molar-refractivity contribution >= 4 is 23.9 Å². The fourth-order valence-electron chi connectivity index (χ4n) is 1.78. The molecule has 0 bridgehead atoms. The number of rotatable bonds is 15. The van der Waals surface area contributed by atoms with Gasteiger partial charge in [-0.1, -0.05) is 5.73 Å². The van der Waals surface area contributed by atoms with Gasteiger partial charge in [0.05, 0.1) is 19.7 Å². The van der Waals surface area contributed by atoms with E-state index in [-0.39, 0.29) is 27.3 Å². The van der Waals surface area contributed by atoms with Crippen molar-refractivity contribution in [2.45, 2.75) is 0 Å². The van der Waals surface area contributed by atoms with Gasteiger partial charge < -0.3 is 34.8 Å². The number of carboxylic acids is 4. The van der Waals surface area contributed by atoms with Gasteiger partial charge in [0.15, 0.2) is 0 Å². The Morgan fingerprint density at radius 1 is 0.828 bits per heavy atom. The molecule has 29 heavy (non-hydrogen) atoms. The van der Waals surface area contributed by atoms with Crippen LogP contribution in [0.2, 0.25) is 0 Å². The van der Waals surface area contributed by atoms with Gasteiger partial charge in [0.25, 0.3) is 0 Å². The summed E-state index contributed by atoms with van der Waals surface area (Å²) in [6.07, 6.45) is 0. The molecule has 0 saturated carbocycles. The monoisotopic (exact) mass is 414 g/mol. The molecule has 0 rings (SSSR count). The van der Waals surface area contributed by atoms with Gasteiger partial charge in [-0.3, -0.25) is 24.1 Å². The molecule has 0 aliphatic carbocycles. The molecular formula is C17H22N2O10. The number of hydrogen-bond acceptors (Lipinski definition) is 8. The maximum atomic E-state index is 10.9. The molecule has 160 valence electrons. The van der Waals surface area contributed by atoms with E-state index in [1.165, 1.54) is 0 Å². The van der Waals surface area contributed by atoms with Gasteiger partial charge in [0.2, 0.25) is 5.88 Å². The minimum absolute atomic E-state index is 0. The van der Waals surface area contributed by atoms with Gasteiger partial charge in [-0.25, -0.2) is 0 Å². The number of nitrogens with zero attached hydrogens (tertiary/aromatic N) is 2. The lowest BCUT2D eigenvalue weighted by Crippen LogP contribution is -2.37. The van der Waals surface area contributed by atoms with Crippen molar-refractivity contribution in [3.05, 3.63) is 35.4 Å². The largest absolute Gasteiger partial charge is 0.480 e. The number of carbonyl (C=O) groups is 4. The Morgan fingerprint density at radius 3 is 1.79 bits per heavy atom. The molecule has 0 radical (unpaired) electrons. The van der Waals surface area contributed by atoms with Crippen molar-refractivity contribution in [3.8, 4) is 0 Å². The van der Waals surface area contributed by atoms with Crippen molar-refractivity contribution in [1.29, 1.82) is 0 Å². The van der Waals surface area contributed by atoms with Crippen molar-refractivity contribution in [1.82, 2.24) is 9.80 Å². The highest BCUT2D eigenvalue weighted by atomic mass is 16.5. The van der Waals surface area contributed by atoms with E-state index in [1.807, 2.05) is 0 Å². The van der Waals surface area contributed by atoms with E-state index in [2.05, 4.69) is 29.5 Å². The normalized spacial score (nSPS) is 9.41. The Morgan fingerprint density at radius 2 is 1.34 bits per heavy atom. The van der Waals surface area contributed by atoms with Crippen LogP contribution in [0.1, 0.15) is 1.43 Å². The second-order valence-corrected chi connectivity index (χ2v) is 5.16. The number of hydrogen-bond donors (Lipinski definition) is 4. The Bertz CT molecular complexity index is 741. The molecule has 0 aliphatic heterocycles. The highest BCUT2D eigenvalue weighted by Crippen LogP contribution is 2.05. The van der Waals surface area contributed by atoms with Crippen LogP contribution in [-0.4, -0.2) is 100 Å². The van der Waals surface area contributed by atoms with E-state index in [9.17, 15) is 19.2 Å². The average Bonchev–Trinajstić information content (AvgIpc) is 2.57. The molecule has 0 unspecified atom stereocenters. The van der Waals surface area contributed by atoms with Gasteiger partial charge in [-0.05, 0) is 18.0 Å². The first kappa shape index (κ1) is 25.3. The van der Waals surface area contributed by atoms with Crippen LogP contribution in [-0.2, 0) is 28.7 Å². The van der Waals surface area contributed by atoms with Crippen LogP contribution in [0.4, 0.5) is 0 Å². The molecule has 0 fully saturated rings. The number of aliphatic carboxylic acids is 4. The summed E-state index contributed by atoms with van der Waals surface area (Å²) in [5, 5.41) is 35.3. The van der Waals surface area contributed by atoms with Crippen LogP contribution in [0.25, 0.3) is 0 Å². The summed E-state index contributed by atoms with van der Waals surface area (Å²) in [5.74, 6) is -5.37. The van der Waals surface area contributed by atoms with Crippen molar-refractivity contribution in [2.24, 2.45) is 0 Å². The fraction of sp³-hybridized carbons (Fsp3) is 0.412. The van der Waals surface area contributed by atoms with Gasteiger partial charge in [-0.2, -0.15) is 0 Å². The second kappa shape index (κ2) is 14.3. The Hall–Kier alpha value is -3.74. The zero-order chi connectivity index (χ0) is 22.2. The van der Waals surface area contributed by atoms with Crippen LogP contribution < -0.4 is 0 Å². The summed E-state index contributed by atoms with van der Waals surface area (Å²) < 4.78 is 10.4. The van der Waals surface area contributed by atoms with Crippen molar-refractivity contribution < 1.29 is 50.5 Å². The van der Waals surface area contributed by atoms with Gasteiger partial charge in [-0.15, -0.1) is 0 Å². The van der Waals surface area contributed by atoms with Gasteiger partial charge in [0.1, 0.15) is 26.4 Å². The molecule has 0 heterocycles. The quantitative estimate of drug-likeness (QED) is 0.114. The molecule has 0 spiro atoms. The highest BCUT2D eigenvalue weighted by molar-refractivity contribution is 5.73. The summed E-state index contributed by atoms with van der Waals surface area (Å²) in [5.41, 5.74) is 9.26. The van der Waals surface area contributed by atoms with Crippen LogP contribution in [0.15, 0.2) is 35.4 Å². The summed E-state index contributed by atoms with van der Waals surface area (Å²) >= 11 is 0. The van der Waals surface area contributed by atoms with Gasteiger partial charge >= 0.3 is 23.9 Å². The molecule has 0 saturated heterocycles. The highest BCUT2D eigenvalue weighted by Gasteiger charge is 2.18. The van der Waals surface area contributed by atoms with E-state index in [1.54, 1.807) is 0 Å². The Balaban J connectivity index is 0. The third-order valence-corrected chi connectivity index (χ3v) is 2.72. The smallest absolute Gasteiger partial charge is 0.323 e. The lowest BCUT2D eigenvalue weighted by atomic mass is 10.4. The Labute approximate surface area is 166 Å². The summed E-state index contributed by atoms with van der Waals surface area (Å²) in [6, 6.07) is 0. The third-order valence-electron chi connectivity index (χ3n) is 2.72. The van der Waals surface area contributed by atoms with Crippen LogP contribution in [0.5, 0.6) is 0 Å². The first-order valence-corrected chi connectivity index (χ1v) is 7.85. The number of carboxylic acid groups (broad SMARTS) is 4. The maximum absolute atomic E-state index is 10.9. The summed E-state index contributed by atoms with van der Waals surface area (Å²) in [6.45, 7) is 0.0923. The van der Waals surface area contributed by atoms with Crippen LogP contribution >= 0.6 is 0 Å². The molecule has 0 aromatic heterocycles. The third kappa shape index (κ3) is 14.0. The second-order valence-electron chi connectivity index (χ2n) is 5.16.